The summed E-state index contributed by atoms with van der Waals surface area (Å²) in [5.41, 5.74) is 3.28. The molecule has 2 N–H and O–H groups in total. The number of fused-ring (bicyclic) bond motifs is 1. The van der Waals surface area contributed by atoms with E-state index in [1.807, 2.05) is 30.4 Å². The number of nitrogens with one attached hydrogen (secondary N) is 2. The molecular formula is C17H20N2O2S. The number of anilines is 2. The van der Waals surface area contributed by atoms with Crippen LogP contribution in [0.25, 0.3) is 0 Å². The molecule has 1 aliphatic carbocycles. The van der Waals surface area contributed by atoms with Crippen LogP contribution in [0.1, 0.15) is 19.3 Å². The van der Waals surface area contributed by atoms with Gasteiger partial charge in [-0.1, -0.05) is 23.8 Å². The number of carbonyl (C=O) groups excluding carboxylic acids is 1. The number of hydrogen-bond acceptors (Lipinski definition) is 4. The van der Waals surface area contributed by atoms with Crippen molar-refractivity contribution < 1.29 is 9.53 Å². The van der Waals surface area contributed by atoms with Gasteiger partial charge in [-0.2, -0.15) is 0 Å². The Balaban J connectivity index is 1.51. The van der Waals surface area contributed by atoms with Gasteiger partial charge in [-0.3, -0.25) is 4.79 Å². The Labute approximate surface area is 135 Å². The lowest BCUT2D eigenvalue weighted by Crippen LogP contribution is -2.14. The van der Waals surface area contributed by atoms with Crippen molar-refractivity contribution in [2.24, 2.45) is 0 Å². The Hall–Kier alpha value is -1.72. The molecule has 1 heterocycles. The van der Waals surface area contributed by atoms with Crippen LogP contribution < -0.4 is 10.6 Å². The Morgan fingerprint density at radius 3 is 3.27 bits per heavy atom. The van der Waals surface area contributed by atoms with Gasteiger partial charge in [0.2, 0.25) is 5.91 Å². The van der Waals surface area contributed by atoms with Gasteiger partial charge in [-0.05, 0) is 31.0 Å². The molecule has 3 rings (SSSR count). The molecule has 1 amide bonds. The van der Waals surface area contributed by atoms with Crippen molar-refractivity contribution in [1.82, 2.24) is 0 Å². The van der Waals surface area contributed by atoms with E-state index in [2.05, 4.69) is 16.7 Å². The van der Waals surface area contributed by atoms with Gasteiger partial charge in [0.1, 0.15) is 0 Å². The van der Waals surface area contributed by atoms with Gasteiger partial charge in [-0.15, -0.1) is 11.8 Å². The number of benzene rings is 1. The largest absolute Gasteiger partial charge is 0.377 e. The molecule has 1 aromatic carbocycles. The highest BCUT2D eigenvalue weighted by atomic mass is 32.2. The SMILES string of the molecule is COC1C=CC=C(CCC(=O)Nc2ccc3c(c2)SCN3)C1. The quantitative estimate of drug-likeness (QED) is 0.868. The molecule has 1 unspecified atom stereocenters. The molecule has 116 valence electrons. The average molecular weight is 316 g/mol. The summed E-state index contributed by atoms with van der Waals surface area (Å²) in [6, 6.07) is 5.99. The first kappa shape index (κ1) is 15.2. The van der Waals surface area contributed by atoms with Crippen LogP contribution in [-0.4, -0.2) is 25.0 Å². The Kier molecular flexibility index (Phi) is 4.85. The van der Waals surface area contributed by atoms with E-state index in [4.69, 9.17) is 4.74 Å². The topological polar surface area (TPSA) is 50.4 Å². The van der Waals surface area contributed by atoms with Crippen LogP contribution in [0.5, 0.6) is 0 Å². The van der Waals surface area contributed by atoms with Crippen molar-refractivity contribution in [2.45, 2.75) is 30.3 Å². The van der Waals surface area contributed by atoms with Crippen LogP contribution in [0.3, 0.4) is 0 Å². The van der Waals surface area contributed by atoms with E-state index < -0.39 is 0 Å². The third kappa shape index (κ3) is 3.72. The second-order valence-corrected chi connectivity index (χ2v) is 6.43. The van der Waals surface area contributed by atoms with Crippen molar-refractivity contribution >= 4 is 29.0 Å². The number of rotatable bonds is 5. The number of hydrogen-bond donors (Lipinski definition) is 2. The van der Waals surface area contributed by atoms with Gasteiger partial charge in [0.15, 0.2) is 0 Å². The number of thioether (sulfide) groups is 1. The summed E-state index contributed by atoms with van der Waals surface area (Å²) in [4.78, 5) is 13.3. The lowest BCUT2D eigenvalue weighted by atomic mass is 9.98. The number of methoxy groups -OCH3 is 1. The van der Waals surface area contributed by atoms with E-state index >= 15 is 0 Å². The maximum Gasteiger partial charge on any atom is 0.224 e. The number of carbonyl (C=O) groups is 1. The summed E-state index contributed by atoms with van der Waals surface area (Å²) < 4.78 is 5.33. The van der Waals surface area contributed by atoms with Crippen molar-refractivity contribution in [1.29, 1.82) is 0 Å². The predicted octanol–water partition coefficient (Wildman–Crippen LogP) is 3.78. The van der Waals surface area contributed by atoms with Crippen LogP contribution in [0.4, 0.5) is 11.4 Å². The molecule has 0 aromatic heterocycles. The van der Waals surface area contributed by atoms with Gasteiger partial charge in [0.05, 0.1) is 12.0 Å². The van der Waals surface area contributed by atoms with Crippen molar-refractivity contribution in [2.75, 3.05) is 23.6 Å². The van der Waals surface area contributed by atoms with E-state index in [1.165, 1.54) is 10.5 Å². The van der Waals surface area contributed by atoms with Crippen LogP contribution in [0, 0.1) is 0 Å². The molecular weight excluding hydrogens is 296 g/mol. The fraction of sp³-hybridized carbons (Fsp3) is 0.353. The highest BCUT2D eigenvalue weighted by Crippen LogP contribution is 2.35. The van der Waals surface area contributed by atoms with Crippen molar-refractivity contribution in [3.8, 4) is 0 Å². The summed E-state index contributed by atoms with van der Waals surface area (Å²) in [6.07, 6.45) is 8.43. The minimum Gasteiger partial charge on any atom is -0.377 e. The van der Waals surface area contributed by atoms with Crippen LogP contribution in [-0.2, 0) is 9.53 Å². The fourth-order valence-electron chi connectivity index (χ4n) is 2.61. The zero-order valence-electron chi connectivity index (χ0n) is 12.6. The molecule has 1 aliphatic heterocycles. The zero-order valence-corrected chi connectivity index (χ0v) is 13.4. The Bertz CT molecular complexity index is 625. The predicted molar refractivity (Wildman–Crippen MR) is 91.3 cm³/mol. The molecule has 22 heavy (non-hydrogen) atoms. The first-order valence-corrected chi connectivity index (χ1v) is 8.43. The third-order valence-electron chi connectivity index (χ3n) is 3.85. The molecule has 4 nitrogen and oxygen atoms in total. The molecule has 0 saturated carbocycles. The molecule has 0 bridgehead atoms. The smallest absolute Gasteiger partial charge is 0.224 e. The number of allylic oxidation sites excluding steroid dienone is 2. The first-order chi connectivity index (χ1) is 10.7. The van der Waals surface area contributed by atoms with Crippen LogP contribution in [0.15, 0.2) is 46.9 Å². The van der Waals surface area contributed by atoms with Gasteiger partial charge >= 0.3 is 0 Å². The number of ether oxygens (including phenoxy) is 1. The molecule has 1 atom stereocenters. The van der Waals surface area contributed by atoms with Gasteiger partial charge in [0.25, 0.3) is 0 Å². The summed E-state index contributed by atoms with van der Waals surface area (Å²) in [5, 5.41) is 6.26. The van der Waals surface area contributed by atoms with Gasteiger partial charge < -0.3 is 15.4 Å². The van der Waals surface area contributed by atoms with E-state index in [0.717, 1.165) is 30.1 Å². The molecule has 1 aromatic rings. The van der Waals surface area contributed by atoms with E-state index in [0.29, 0.717) is 6.42 Å². The lowest BCUT2D eigenvalue weighted by Gasteiger charge is -2.17. The highest BCUT2D eigenvalue weighted by molar-refractivity contribution is 7.99. The average Bonchev–Trinajstić information content (AvgIpc) is 3.01. The van der Waals surface area contributed by atoms with Crippen molar-refractivity contribution in [3.63, 3.8) is 0 Å². The maximum atomic E-state index is 12.1. The van der Waals surface area contributed by atoms with Gasteiger partial charge in [-0.25, -0.2) is 0 Å². The van der Waals surface area contributed by atoms with Crippen LogP contribution >= 0.6 is 11.8 Å². The standard InChI is InChI=1S/C17H20N2O2S/c1-21-14-4-2-3-12(9-14)5-8-17(20)19-13-6-7-15-16(10-13)22-11-18-15/h2-4,6-7,10,14,18H,5,8-9,11H2,1H3,(H,19,20). The highest BCUT2D eigenvalue weighted by Gasteiger charge is 2.14. The van der Waals surface area contributed by atoms with Crippen molar-refractivity contribution in [3.05, 3.63) is 42.0 Å². The normalized spacial score (nSPS) is 19.3. The Morgan fingerprint density at radius 2 is 2.41 bits per heavy atom. The maximum absolute atomic E-state index is 12.1. The molecule has 2 aliphatic rings. The Morgan fingerprint density at radius 1 is 1.50 bits per heavy atom. The van der Waals surface area contributed by atoms with Crippen LogP contribution in [0.2, 0.25) is 0 Å². The van der Waals surface area contributed by atoms with E-state index in [9.17, 15) is 4.79 Å². The minimum atomic E-state index is 0.0559. The van der Waals surface area contributed by atoms with Gasteiger partial charge in [0, 0.05) is 29.8 Å². The van der Waals surface area contributed by atoms with E-state index in [-0.39, 0.29) is 12.0 Å². The molecule has 5 heteroatoms. The summed E-state index contributed by atoms with van der Waals surface area (Å²) in [7, 11) is 1.71. The molecule has 0 spiro atoms. The monoisotopic (exact) mass is 316 g/mol. The second kappa shape index (κ2) is 7.03. The first-order valence-electron chi connectivity index (χ1n) is 7.44. The number of amides is 1. The zero-order chi connectivity index (χ0) is 15.4. The summed E-state index contributed by atoms with van der Waals surface area (Å²) in [5.74, 6) is 0.954. The fourth-order valence-corrected chi connectivity index (χ4v) is 3.50. The molecule has 0 radical (unpaired) electrons. The minimum absolute atomic E-state index is 0.0559. The summed E-state index contributed by atoms with van der Waals surface area (Å²) >= 11 is 1.75. The molecule has 0 saturated heterocycles. The van der Waals surface area contributed by atoms with E-state index in [1.54, 1.807) is 18.9 Å². The lowest BCUT2D eigenvalue weighted by molar-refractivity contribution is -0.116. The third-order valence-corrected chi connectivity index (χ3v) is 4.79. The second-order valence-electron chi connectivity index (χ2n) is 5.41. The molecule has 0 fully saturated rings. The summed E-state index contributed by atoms with van der Waals surface area (Å²) in [6.45, 7) is 0.